The Balaban J connectivity index is 2.00. The van der Waals surface area contributed by atoms with Crippen molar-refractivity contribution in [1.29, 1.82) is 0 Å². The van der Waals surface area contributed by atoms with Crippen LogP contribution in [-0.4, -0.2) is 52.6 Å². The number of carboxylic acids is 1. The number of likely N-dealkylation sites (tertiary alicyclic amines) is 2. The molecule has 0 saturated carbocycles. The number of aliphatic carboxylic acids is 1. The molecule has 2 aliphatic heterocycles. The lowest BCUT2D eigenvalue weighted by Gasteiger charge is -2.41. The van der Waals surface area contributed by atoms with Gasteiger partial charge in [0.2, 0.25) is 0 Å². The molecule has 2 saturated heterocycles. The van der Waals surface area contributed by atoms with E-state index >= 15 is 0 Å². The molecule has 0 aromatic heterocycles. The second-order valence-electron chi connectivity index (χ2n) is 6.09. The standard InChI is InChI=1S/C14H24N2O3/c1-10-5-6-11(2)16(8-10)14(19)15-7-3-4-12(9-15)13(17)18/h10-12H,3-9H2,1-2H3,(H,17,18). The second kappa shape index (κ2) is 5.80. The molecule has 3 atom stereocenters. The Kier molecular flexibility index (Phi) is 4.32. The monoisotopic (exact) mass is 268 g/mol. The summed E-state index contributed by atoms with van der Waals surface area (Å²) in [5, 5.41) is 9.09. The molecule has 19 heavy (non-hydrogen) atoms. The number of urea groups is 1. The van der Waals surface area contributed by atoms with Crippen molar-refractivity contribution in [3.63, 3.8) is 0 Å². The molecule has 0 aliphatic carbocycles. The molecule has 0 aromatic rings. The smallest absolute Gasteiger partial charge is 0.320 e. The zero-order valence-electron chi connectivity index (χ0n) is 11.8. The van der Waals surface area contributed by atoms with Gasteiger partial charge in [-0.05, 0) is 38.5 Å². The van der Waals surface area contributed by atoms with Crippen LogP contribution in [0.4, 0.5) is 4.79 Å². The summed E-state index contributed by atoms with van der Waals surface area (Å²) in [6.07, 6.45) is 3.69. The SMILES string of the molecule is CC1CCC(C)N(C(=O)N2CCCC(C(=O)O)C2)C1. The van der Waals surface area contributed by atoms with Crippen LogP contribution in [0.25, 0.3) is 0 Å². The topological polar surface area (TPSA) is 60.9 Å². The first-order chi connectivity index (χ1) is 8.99. The van der Waals surface area contributed by atoms with Crippen LogP contribution in [0, 0.1) is 11.8 Å². The zero-order valence-corrected chi connectivity index (χ0v) is 11.8. The van der Waals surface area contributed by atoms with Gasteiger partial charge in [-0.1, -0.05) is 6.92 Å². The van der Waals surface area contributed by atoms with Gasteiger partial charge in [0.05, 0.1) is 5.92 Å². The number of hydrogen-bond acceptors (Lipinski definition) is 2. The van der Waals surface area contributed by atoms with Gasteiger partial charge in [0, 0.05) is 25.7 Å². The summed E-state index contributed by atoms with van der Waals surface area (Å²) in [5.74, 6) is -0.631. The Morgan fingerprint density at radius 1 is 1.11 bits per heavy atom. The third-order valence-corrected chi connectivity index (χ3v) is 4.40. The van der Waals surface area contributed by atoms with E-state index in [1.807, 2.05) is 4.90 Å². The Morgan fingerprint density at radius 3 is 2.53 bits per heavy atom. The van der Waals surface area contributed by atoms with E-state index in [4.69, 9.17) is 5.11 Å². The number of rotatable bonds is 1. The molecule has 1 N–H and O–H groups in total. The van der Waals surface area contributed by atoms with Crippen LogP contribution in [0.3, 0.4) is 0 Å². The van der Waals surface area contributed by atoms with Crippen LogP contribution < -0.4 is 0 Å². The molecular weight excluding hydrogens is 244 g/mol. The predicted octanol–water partition coefficient (Wildman–Crippen LogP) is 2.02. The number of hydrogen-bond donors (Lipinski definition) is 1. The van der Waals surface area contributed by atoms with Gasteiger partial charge in [0.15, 0.2) is 0 Å². The van der Waals surface area contributed by atoms with Crippen LogP contribution in [0.5, 0.6) is 0 Å². The molecule has 5 nitrogen and oxygen atoms in total. The van der Waals surface area contributed by atoms with E-state index < -0.39 is 11.9 Å². The molecule has 2 rings (SSSR count). The van der Waals surface area contributed by atoms with Crippen molar-refractivity contribution in [2.45, 2.75) is 45.6 Å². The molecule has 5 heteroatoms. The third kappa shape index (κ3) is 3.19. The minimum Gasteiger partial charge on any atom is -0.481 e. The maximum Gasteiger partial charge on any atom is 0.320 e. The average molecular weight is 268 g/mol. The summed E-state index contributed by atoms with van der Waals surface area (Å²) < 4.78 is 0. The Morgan fingerprint density at radius 2 is 1.84 bits per heavy atom. The molecule has 2 aliphatic rings. The second-order valence-corrected chi connectivity index (χ2v) is 6.09. The van der Waals surface area contributed by atoms with Crippen LogP contribution in [0.15, 0.2) is 0 Å². The Labute approximate surface area is 114 Å². The number of piperidine rings is 2. The van der Waals surface area contributed by atoms with E-state index in [2.05, 4.69) is 13.8 Å². The molecule has 2 heterocycles. The lowest BCUT2D eigenvalue weighted by atomic mass is 9.95. The number of carbonyl (C=O) groups excluding carboxylic acids is 1. The molecule has 108 valence electrons. The fourth-order valence-corrected chi connectivity index (χ4v) is 3.09. The molecule has 2 fully saturated rings. The van der Waals surface area contributed by atoms with E-state index in [0.29, 0.717) is 25.4 Å². The molecule has 0 spiro atoms. The molecule has 0 bridgehead atoms. The highest BCUT2D eigenvalue weighted by Crippen LogP contribution is 2.24. The highest BCUT2D eigenvalue weighted by Gasteiger charge is 2.34. The summed E-state index contributed by atoms with van der Waals surface area (Å²) in [4.78, 5) is 27.3. The quantitative estimate of drug-likeness (QED) is 0.791. The fraction of sp³-hybridized carbons (Fsp3) is 0.857. The van der Waals surface area contributed by atoms with Crippen molar-refractivity contribution < 1.29 is 14.7 Å². The normalized spacial score (nSPS) is 32.2. The van der Waals surface area contributed by atoms with Crippen LogP contribution in [0.1, 0.15) is 39.5 Å². The summed E-state index contributed by atoms with van der Waals surface area (Å²) in [7, 11) is 0. The number of nitrogens with zero attached hydrogens (tertiary/aromatic N) is 2. The van der Waals surface area contributed by atoms with Gasteiger partial charge in [-0.3, -0.25) is 4.79 Å². The molecule has 2 amide bonds. The fourth-order valence-electron chi connectivity index (χ4n) is 3.09. The summed E-state index contributed by atoms with van der Waals surface area (Å²) in [5.41, 5.74) is 0. The lowest BCUT2D eigenvalue weighted by Crippen LogP contribution is -2.53. The first-order valence-corrected chi connectivity index (χ1v) is 7.27. The minimum absolute atomic E-state index is 0.0324. The van der Waals surface area contributed by atoms with Gasteiger partial charge >= 0.3 is 12.0 Å². The lowest BCUT2D eigenvalue weighted by molar-refractivity contribution is -0.143. The maximum atomic E-state index is 12.5. The van der Waals surface area contributed by atoms with Crippen molar-refractivity contribution >= 4 is 12.0 Å². The van der Waals surface area contributed by atoms with Crippen molar-refractivity contribution in [2.75, 3.05) is 19.6 Å². The van der Waals surface area contributed by atoms with Crippen LogP contribution >= 0.6 is 0 Å². The first-order valence-electron chi connectivity index (χ1n) is 7.27. The van der Waals surface area contributed by atoms with Gasteiger partial charge in [0.1, 0.15) is 0 Å². The maximum absolute atomic E-state index is 12.5. The third-order valence-electron chi connectivity index (χ3n) is 4.40. The van der Waals surface area contributed by atoms with E-state index in [0.717, 1.165) is 19.4 Å². The summed E-state index contributed by atoms with van der Waals surface area (Å²) in [6.45, 7) is 6.12. The van der Waals surface area contributed by atoms with Crippen molar-refractivity contribution in [3.05, 3.63) is 0 Å². The zero-order chi connectivity index (χ0) is 14.0. The predicted molar refractivity (Wildman–Crippen MR) is 71.9 cm³/mol. The molecular formula is C14H24N2O3. The number of carboxylic acid groups (broad SMARTS) is 1. The molecule has 3 unspecified atom stereocenters. The Bertz CT molecular complexity index is 359. The van der Waals surface area contributed by atoms with Crippen LogP contribution in [-0.2, 0) is 4.79 Å². The van der Waals surface area contributed by atoms with Gasteiger partial charge in [-0.15, -0.1) is 0 Å². The van der Waals surface area contributed by atoms with Gasteiger partial charge in [0.25, 0.3) is 0 Å². The van der Waals surface area contributed by atoms with Gasteiger partial charge in [-0.25, -0.2) is 4.79 Å². The number of carbonyl (C=O) groups is 2. The van der Waals surface area contributed by atoms with E-state index in [1.54, 1.807) is 4.90 Å². The highest BCUT2D eigenvalue weighted by molar-refractivity contribution is 5.77. The van der Waals surface area contributed by atoms with Crippen molar-refractivity contribution in [3.8, 4) is 0 Å². The number of amides is 2. The van der Waals surface area contributed by atoms with Gasteiger partial charge in [-0.2, -0.15) is 0 Å². The van der Waals surface area contributed by atoms with E-state index in [9.17, 15) is 9.59 Å². The molecule has 0 aromatic carbocycles. The van der Waals surface area contributed by atoms with Gasteiger partial charge < -0.3 is 14.9 Å². The minimum atomic E-state index is -0.780. The average Bonchev–Trinajstić information content (AvgIpc) is 2.41. The van der Waals surface area contributed by atoms with Crippen molar-refractivity contribution in [1.82, 2.24) is 9.80 Å². The summed E-state index contributed by atoms with van der Waals surface area (Å²) >= 11 is 0. The summed E-state index contributed by atoms with van der Waals surface area (Å²) in [6, 6.07) is 0.305. The van der Waals surface area contributed by atoms with E-state index in [1.165, 1.54) is 6.42 Å². The van der Waals surface area contributed by atoms with E-state index in [-0.39, 0.29) is 12.1 Å². The Hall–Kier alpha value is -1.26. The van der Waals surface area contributed by atoms with Crippen molar-refractivity contribution in [2.24, 2.45) is 11.8 Å². The largest absolute Gasteiger partial charge is 0.481 e. The molecule has 0 radical (unpaired) electrons. The first kappa shape index (κ1) is 14.2. The highest BCUT2D eigenvalue weighted by atomic mass is 16.4. The van der Waals surface area contributed by atoms with Crippen LogP contribution in [0.2, 0.25) is 0 Å².